The molecule has 1 rings (SSSR count). The lowest BCUT2D eigenvalue weighted by molar-refractivity contribution is 0.395. The van der Waals surface area contributed by atoms with Gasteiger partial charge in [-0.2, -0.15) is 16.8 Å². The molecule has 7 nitrogen and oxygen atoms in total. The van der Waals surface area contributed by atoms with Crippen LogP contribution >= 0.6 is 0 Å². The number of nitrogens with zero attached hydrogens (tertiary/aromatic N) is 1. The fraction of sp³-hybridized carbons (Fsp3) is 1.00. The molecule has 0 aromatic carbocycles. The minimum Gasteiger partial charge on any atom is -0.306 e. The van der Waals surface area contributed by atoms with Gasteiger partial charge >= 0.3 is 0 Å². The average Bonchev–Trinajstić information content (AvgIpc) is 2.23. The normalized spacial score (nSPS) is 28.4. The highest BCUT2D eigenvalue weighted by molar-refractivity contribution is 7.86. The number of hydrogen-bond donors (Lipinski definition) is 2. The maximum Gasteiger partial charge on any atom is 0.265 e. The van der Waals surface area contributed by atoms with Crippen molar-refractivity contribution in [2.75, 3.05) is 31.6 Å². The molecule has 1 fully saturated rings. The Morgan fingerprint density at radius 1 is 1.00 bits per heavy atom. The fourth-order valence-corrected chi connectivity index (χ4v) is 3.93. The summed E-state index contributed by atoms with van der Waals surface area (Å²) >= 11 is 0. The van der Waals surface area contributed by atoms with Gasteiger partial charge in [0.05, 0.1) is 11.5 Å². The zero-order valence-electron chi connectivity index (χ0n) is 8.77. The highest BCUT2D eigenvalue weighted by Gasteiger charge is 2.36. The summed E-state index contributed by atoms with van der Waals surface area (Å²) < 4.78 is 60.4. The molecule has 1 heterocycles. The summed E-state index contributed by atoms with van der Waals surface area (Å²) in [6, 6.07) is 0. The molecule has 0 saturated carbocycles. The van der Waals surface area contributed by atoms with E-state index in [1.807, 2.05) is 0 Å². The maximum atomic E-state index is 10.7. The van der Waals surface area contributed by atoms with Crippen LogP contribution in [0.1, 0.15) is 0 Å². The number of rotatable bonds is 4. The van der Waals surface area contributed by atoms with E-state index in [4.69, 9.17) is 9.11 Å². The molecule has 16 heavy (non-hydrogen) atoms. The first kappa shape index (κ1) is 13.8. The van der Waals surface area contributed by atoms with Crippen LogP contribution in [0.5, 0.6) is 0 Å². The third-order valence-corrected chi connectivity index (χ3v) is 4.31. The predicted octanol–water partition coefficient (Wildman–Crippen LogP) is -1.06. The maximum absolute atomic E-state index is 10.7. The predicted molar refractivity (Wildman–Crippen MR) is 57.3 cm³/mol. The van der Waals surface area contributed by atoms with E-state index < -0.39 is 43.6 Å². The van der Waals surface area contributed by atoms with E-state index >= 15 is 0 Å². The van der Waals surface area contributed by atoms with Gasteiger partial charge in [0.2, 0.25) is 0 Å². The first-order chi connectivity index (χ1) is 7.07. The standard InChI is InChI=1S/C7H15NO6S2/c1-8-2-6(4-15(9,10)11)7(3-8)5-16(12,13)14/h6-7H,2-5H2,1H3,(H,9,10,11)(H,12,13,14). The molecule has 0 bridgehead atoms. The van der Waals surface area contributed by atoms with Crippen LogP contribution in [0, 0.1) is 11.8 Å². The summed E-state index contributed by atoms with van der Waals surface area (Å²) in [5.74, 6) is -1.89. The molecule has 1 saturated heterocycles. The molecule has 0 spiro atoms. The number of hydrogen-bond acceptors (Lipinski definition) is 5. The van der Waals surface area contributed by atoms with Crippen molar-refractivity contribution < 1.29 is 25.9 Å². The summed E-state index contributed by atoms with van der Waals surface area (Å²) in [5.41, 5.74) is 0. The smallest absolute Gasteiger partial charge is 0.265 e. The second-order valence-corrected chi connectivity index (χ2v) is 7.23. The molecule has 0 radical (unpaired) electrons. The zero-order valence-corrected chi connectivity index (χ0v) is 10.4. The lowest BCUT2D eigenvalue weighted by Gasteiger charge is -2.14. The molecular weight excluding hydrogens is 258 g/mol. The second-order valence-electron chi connectivity index (χ2n) is 4.24. The van der Waals surface area contributed by atoms with Gasteiger partial charge in [0, 0.05) is 13.1 Å². The molecule has 1 aliphatic heterocycles. The van der Waals surface area contributed by atoms with Gasteiger partial charge in [-0.05, 0) is 18.9 Å². The topological polar surface area (TPSA) is 112 Å². The van der Waals surface area contributed by atoms with Crippen LogP contribution in [0.15, 0.2) is 0 Å². The van der Waals surface area contributed by atoms with Gasteiger partial charge in [0.1, 0.15) is 0 Å². The summed E-state index contributed by atoms with van der Waals surface area (Å²) in [6.45, 7) is 0.778. The van der Waals surface area contributed by atoms with Crippen molar-refractivity contribution >= 4 is 20.2 Å². The van der Waals surface area contributed by atoms with Crippen LogP contribution in [0.4, 0.5) is 0 Å². The van der Waals surface area contributed by atoms with Crippen molar-refractivity contribution in [1.29, 1.82) is 0 Å². The van der Waals surface area contributed by atoms with Crippen molar-refractivity contribution in [1.82, 2.24) is 4.90 Å². The van der Waals surface area contributed by atoms with Gasteiger partial charge in [-0.15, -0.1) is 0 Å². The minimum atomic E-state index is -4.12. The average molecular weight is 273 g/mol. The van der Waals surface area contributed by atoms with E-state index in [2.05, 4.69) is 0 Å². The van der Waals surface area contributed by atoms with Crippen molar-refractivity contribution in [2.45, 2.75) is 0 Å². The van der Waals surface area contributed by atoms with Gasteiger partial charge in [-0.3, -0.25) is 9.11 Å². The Morgan fingerprint density at radius 2 is 1.31 bits per heavy atom. The quantitative estimate of drug-likeness (QED) is 0.628. The Hall–Kier alpha value is -0.220. The van der Waals surface area contributed by atoms with Gasteiger partial charge in [0.15, 0.2) is 0 Å². The molecule has 0 aromatic rings. The molecular formula is C7H15NO6S2. The Labute approximate surface area is 94.9 Å². The molecule has 0 amide bonds. The molecule has 2 unspecified atom stereocenters. The highest BCUT2D eigenvalue weighted by atomic mass is 32.2. The molecule has 96 valence electrons. The highest BCUT2D eigenvalue weighted by Crippen LogP contribution is 2.24. The largest absolute Gasteiger partial charge is 0.306 e. The van der Waals surface area contributed by atoms with Gasteiger partial charge < -0.3 is 4.90 Å². The van der Waals surface area contributed by atoms with Crippen LogP contribution in [0.2, 0.25) is 0 Å². The van der Waals surface area contributed by atoms with E-state index in [1.165, 1.54) is 0 Å². The van der Waals surface area contributed by atoms with Crippen molar-refractivity contribution in [2.24, 2.45) is 11.8 Å². The number of likely N-dealkylation sites (tertiary alicyclic amines) is 1. The molecule has 9 heteroatoms. The lowest BCUT2D eigenvalue weighted by Crippen LogP contribution is -2.27. The third-order valence-electron chi connectivity index (χ3n) is 2.61. The molecule has 0 aromatic heterocycles. The molecule has 1 aliphatic rings. The van der Waals surface area contributed by atoms with Crippen LogP contribution in [0.3, 0.4) is 0 Å². The first-order valence-corrected chi connectivity index (χ1v) is 7.87. The van der Waals surface area contributed by atoms with Crippen LogP contribution in [-0.4, -0.2) is 62.5 Å². The molecule has 2 N–H and O–H groups in total. The van der Waals surface area contributed by atoms with E-state index in [0.717, 1.165) is 0 Å². The van der Waals surface area contributed by atoms with Crippen LogP contribution in [-0.2, 0) is 20.2 Å². The van der Waals surface area contributed by atoms with Gasteiger partial charge in [-0.1, -0.05) is 0 Å². The molecule has 2 atom stereocenters. The minimum absolute atomic E-state index is 0.389. The van der Waals surface area contributed by atoms with Crippen molar-refractivity contribution in [3.05, 3.63) is 0 Å². The summed E-state index contributed by atoms with van der Waals surface area (Å²) in [6.07, 6.45) is 0. The summed E-state index contributed by atoms with van der Waals surface area (Å²) in [4.78, 5) is 1.77. The third kappa shape index (κ3) is 4.74. The fourth-order valence-electron chi connectivity index (χ4n) is 2.09. The lowest BCUT2D eigenvalue weighted by atomic mass is 10.0. The second kappa shape index (κ2) is 4.57. The van der Waals surface area contributed by atoms with Crippen LogP contribution in [0.25, 0.3) is 0 Å². The van der Waals surface area contributed by atoms with E-state index in [9.17, 15) is 16.8 Å². The van der Waals surface area contributed by atoms with Gasteiger partial charge in [-0.25, -0.2) is 0 Å². The SMILES string of the molecule is CN1CC(CS(=O)(=O)O)C(CS(=O)(=O)O)C1. The Bertz CT molecular complexity index is 399. The van der Waals surface area contributed by atoms with Crippen molar-refractivity contribution in [3.8, 4) is 0 Å². The van der Waals surface area contributed by atoms with E-state index in [0.29, 0.717) is 13.1 Å². The van der Waals surface area contributed by atoms with Crippen molar-refractivity contribution in [3.63, 3.8) is 0 Å². The Morgan fingerprint density at radius 3 is 1.56 bits per heavy atom. The Kier molecular flexibility index (Phi) is 3.95. The monoisotopic (exact) mass is 273 g/mol. The Balaban J connectivity index is 2.75. The summed E-state index contributed by atoms with van der Waals surface area (Å²) in [5, 5.41) is 0. The molecule has 0 aliphatic carbocycles. The van der Waals surface area contributed by atoms with E-state index in [1.54, 1.807) is 11.9 Å². The van der Waals surface area contributed by atoms with Crippen LogP contribution < -0.4 is 0 Å². The zero-order chi connectivity index (χ0) is 12.6. The first-order valence-electron chi connectivity index (χ1n) is 4.66. The van der Waals surface area contributed by atoms with Gasteiger partial charge in [0.25, 0.3) is 20.2 Å². The van der Waals surface area contributed by atoms with E-state index in [-0.39, 0.29) is 0 Å². The summed E-state index contributed by atoms with van der Waals surface area (Å²) in [7, 11) is -6.52.